The highest BCUT2D eigenvalue weighted by atomic mass is 79.9. The molecule has 0 radical (unpaired) electrons. The minimum Gasteiger partial charge on any atom is -0.389 e. The summed E-state index contributed by atoms with van der Waals surface area (Å²) in [6, 6.07) is 16.4. The van der Waals surface area contributed by atoms with Crippen LogP contribution in [0.3, 0.4) is 0 Å². The van der Waals surface area contributed by atoms with E-state index in [9.17, 15) is 5.11 Å². The molecule has 19 heavy (non-hydrogen) atoms. The highest BCUT2D eigenvalue weighted by molar-refractivity contribution is 9.10. The van der Waals surface area contributed by atoms with E-state index in [-0.39, 0.29) is 0 Å². The number of hydrogen-bond acceptors (Lipinski definition) is 1. The van der Waals surface area contributed by atoms with Crippen molar-refractivity contribution in [3.63, 3.8) is 0 Å². The molecule has 2 heteroatoms. The molecule has 2 aromatic rings. The summed E-state index contributed by atoms with van der Waals surface area (Å²) in [5, 5.41) is 10.6. The second-order valence-corrected chi connectivity index (χ2v) is 6.32. The van der Waals surface area contributed by atoms with Crippen LogP contribution in [0.2, 0.25) is 0 Å². The fraction of sp³-hybridized carbons (Fsp3) is 0.294. The smallest absolute Gasteiger partial charge is 0.0700 e. The van der Waals surface area contributed by atoms with Crippen molar-refractivity contribution >= 4 is 15.9 Å². The van der Waals surface area contributed by atoms with Crippen LogP contribution in [0.5, 0.6) is 0 Å². The molecule has 0 aliphatic heterocycles. The summed E-state index contributed by atoms with van der Waals surface area (Å²) in [6.07, 6.45) is 1.34. The second-order valence-electron chi connectivity index (χ2n) is 5.40. The Hall–Kier alpha value is -1.12. The molecule has 0 aliphatic rings. The van der Waals surface area contributed by atoms with E-state index in [1.807, 2.05) is 31.2 Å². The predicted octanol–water partition coefficient (Wildman–Crippen LogP) is 4.29. The van der Waals surface area contributed by atoms with Crippen molar-refractivity contribution in [1.29, 1.82) is 0 Å². The molecule has 0 fully saturated rings. The van der Waals surface area contributed by atoms with Crippen LogP contribution in [0, 0.1) is 6.92 Å². The first-order chi connectivity index (χ1) is 8.96. The number of benzene rings is 2. The summed E-state index contributed by atoms with van der Waals surface area (Å²) in [5.74, 6) is 0. The lowest BCUT2D eigenvalue weighted by Gasteiger charge is -2.24. The summed E-state index contributed by atoms with van der Waals surface area (Å²) < 4.78 is 1.06. The fourth-order valence-electron chi connectivity index (χ4n) is 2.32. The molecule has 0 heterocycles. The van der Waals surface area contributed by atoms with E-state index in [0.29, 0.717) is 12.8 Å². The Morgan fingerprint density at radius 2 is 1.63 bits per heavy atom. The van der Waals surface area contributed by atoms with Crippen molar-refractivity contribution in [3.8, 4) is 0 Å². The molecule has 0 amide bonds. The number of aliphatic hydroxyl groups is 1. The predicted molar refractivity (Wildman–Crippen MR) is 83.4 cm³/mol. The van der Waals surface area contributed by atoms with Crippen LogP contribution in [0.25, 0.3) is 0 Å². The van der Waals surface area contributed by atoms with Crippen LogP contribution in [0.1, 0.15) is 23.6 Å². The molecule has 0 bridgehead atoms. The van der Waals surface area contributed by atoms with Gasteiger partial charge in [-0.25, -0.2) is 0 Å². The minimum absolute atomic E-state index is 0.661. The van der Waals surface area contributed by atoms with Crippen LogP contribution in [-0.2, 0) is 12.8 Å². The van der Waals surface area contributed by atoms with Crippen molar-refractivity contribution < 1.29 is 5.11 Å². The monoisotopic (exact) mass is 318 g/mol. The topological polar surface area (TPSA) is 20.2 Å². The third-order valence-electron chi connectivity index (χ3n) is 3.33. The second kappa shape index (κ2) is 5.89. The zero-order valence-electron chi connectivity index (χ0n) is 11.4. The third kappa shape index (κ3) is 4.19. The molecule has 1 nitrogen and oxygen atoms in total. The molecule has 0 saturated heterocycles. The molecule has 0 spiro atoms. The van der Waals surface area contributed by atoms with Gasteiger partial charge in [-0.05, 0) is 42.7 Å². The summed E-state index contributed by atoms with van der Waals surface area (Å²) in [7, 11) is 0. The average molecular weight is 319 g/mol. The van der Waals surface area contributed by atoms with Crippen molar-refractivity contribution in [3.05, 3.63) is 69.7 Å². The van der Waals surface area contributed by atoms with Gasteiger partial charge in [0.2, 0.25) is 0 Å². The van der Waals surface area contributed by atoms with E-state index in [2.05, 4.69) is 47.1 Å². The number of halogens is 1. The van der Waals surface area contributed by atoms with Crippen molar-refractivity contribution in [2.24, 2.45) is 0 Å². The van der Waals surface area contributed by atoms with Crippen LogP contribution >= 0.6 is 15.9 Å². The van der Waals surface area contributed by atoms with Gasteiger partial charge >= 0.3 is 0 Å². The highest BCUT2D eigenvalue weighted by Gasteiger charge is 2.22. The molecule has 1 N–H and O–H groups in total. The third-order valence-corrected chi connectivity index (χ3v) is 3.86. The molecular weight excluding hydrogens is 300 g/mol. The van der Waals surface area contributed by atoms with Gasteiger partial charge in [0.1, 0.15) is 0 Å². The van der Waals surface area contributed by atoms with E-state index < -0.39 is 5.60 Å². The Balaban J connectivity index is 2.10. The maximum absolute atomic E-state index is 10.6. The first-order valence-corrected chi connectivity index (χ1v) is 7.27. The highest BCUT2D eigenvalue weighted by Crippen LogP contribution is 2.21. The van der Waals surface area contributed by atoms with E-state index in [4.69, 9.17) is 0 Å². The Morgan fingerprint density at radius 1 is 1.00 bits per heavy atom. The Bertz CT molecular complexity index is 543. The molecule has 2 aromatic carbocycles. The quantitative estimate of drug-likeness (QED) is 0.891. The lowest BCUT2D eigenvalue weighted by atomic mass is 9.88. The van der Waals surface area contributed by atoms with E-state index >= 15 is 0 Å². The SMILES string of the molecule is Cc1ccccc1CC(C)(O)Cc1ccc(Br)cc1. The molecule has 0 aliphatic carbocycles. The number of rotatable bonds is 4. The van der Waals surface area contributed by atoms with Crippen molar-refractivity contribution in [1.82, 2.24) is 0 Å². The maximum atomic E-state index is 10.6. The Morgan fingerprint density at radius 3 is 2.26 bits per heavy atom. The van der Waals surface area contributed by atoms with Crippen LogP contribution in [-0.4, -0.2) is 10.7 Å². The zero-order valence-corrected chi connectivity index (χ0v) is 12.9. The minimum atomic E-state index is -0.722. The summed E-state index contributed by atoms with van der Waals surface area (Å²) >= 11 is 3.43. The van der Waals surface area contributed by atoms with Gasteiger partial charge in [0.25, 0.3) is 0 Å². The summed E-state index contributed by atoms with van der Waals surface area (Å²) in [4.78, 5) is 0. The fourth-order valence-corrected chi connectivity index (χ4v) is 2.59. The molecule has 0 saturated carbocycles. The van der Waals surface area contributed by atoms with Gasteiger partial charge in [-0.15, -0.1) is 0 Å². The van der Waals surface area contributed by atoms with Gasteiger partial charge in [0.05, 0.1) is 5.60 Å². The Kier molecular flexibility index (Phi) is 4.43. The van der Waals surface area contributed by atoms with Gasteiger partial charge < -0.3 is 5.11 Å². The van der Waals surface area contributed by atoms with Gasteiger partial charge in [0, 0.05) is 17.3 Å². The standard InChI is InChI=1S/C17H19BrO/c1-13-5-3-4-6-15(13)12-17(2,19)11-14-7-9-16(18)10-8-14/h3-10,19H,11-12H2,1-2H3. The normalized spacial score (nSPS) is 14.1. The molecule has 1 atom stereocenters. The molecule has 0 aromatic heterocycles. The van der Waals surface area contributed by atoms with Crippen molar-refractivity contribution in [2.75, 3.05) is 0 Å². The van der Waals surface area contributed by atoms with Crippen LogP contribution < -0.4 is 0 Å². The average Bonchev–Trinajstić information content (AvgIpc) is 2.35. The molecular formula is C17H19BrO. The number of hydrogen-bond donors (Lipinski definition) is 1. The molecule has 1 unspecified atom stereocenters. The maximum Gasteiger partial charge on any atom is 0.0700 e. The van der Waals surface area contributed by atoms with Gasteiger partial charge in [0.15, 0.2) is 0 Å². The summed E-state index contributed by atoms with van der Waals surface area (Å²) in [5.41, 5.74) is 2.88. The zero-order chi connectivity index (χ0) is 13.9. The van der Waals surface area contributed by atoms with E-state index in [1.54, 1.807) is 0 Å². The van der Waals surface area contributed by atoms with E-state index in [0.717, 1.165) is 10.0 Å². The number of aryl methyl sites for hydroxylation is 1. The molecule has 2 rings (SSSR count). The van der Waals surface area contributed by atoms with Gasteiger partial charge in [-0.1, -0.05) is 52.3 Å². The largest absolute Gasteiger partial charge is 0.389 e. The first-order valence-electron chi connectivity index (χ1n) is 6.48. The first kappa shape index (κ1) is 14.3. The van der Waals surface area contributed by atoms with Gasteiger partial charge in [-0.2, -0.15) is 0 Å². The Labute approximate surface area is 123 Å². The van der Waals surface area contributed by atoms with Gasteiger partial charge in [-0.3, -0.25) is 0 Å². The molecule has 100 valence electrons. The van der Waals surface area contributed by atoms with Crippen molar-refractivity contribution in [2.45, 2.75) is 32.3 Å². The van der Waals surface area contributed by atoms with Crippen LogP contribution in [0.15, 0.2) is 53.0 Å². The lowest BCUT2D eigenvalue weighted by molar-refractivity contribution is 0.0607. The summed E-state index contributed by atoms with van der Waals surface area (Å²) in [6.45, 7) is 3.99. The van der Waals surface area contributed by atoms with E-state index in [1.165, 1.54) is 11.1 Å². The van der Waals surface area contributed by atoms with Crippen LogP contribution in [0.4, 0.5) is 0 Å². The lowest BCUT2D eigenvalue weighted by Crippen LogP contribution is -2.30.